The fraction of sp³-hybridized carbons (Fsp3) is 0.444. The molecule has 0 aliphatic rings. The van der Waals surface area contributed by atoms with Crippen LogP contribution >= 0.6 is 11.3 Å². The molecule has 86 valence electrons. The van der Waals surface area contributed by atoms with E-state index in [9.17, 15) is 9.59 Å². The molecule has 6 nitrogen and oxygen atoms in total. The molecule has 0 amide bonds. The van der Waals surface area contributed by atoms with Crippen molar-refractivity contribution in [2.45, 2.75) is 26.4 Å². The van der Waals surface area contributed by atoms with E-state index in [0.717, 1.165) is 4.73 Å². The molecule has 2 heterocycles. The van der Waals surface area contributed by atoms with Crippen molar-refractivity contribution >= 4 is 21.7 Å². The molecule has 2 aromatic heterocycles. The third-order valence-corrected chi connectivity index (χ3v) is 2.54. The molecular formula is C9H11N3O3S. The van der Waals surface area contributed by atoms with Crippen molar-refractivity contribution in [1.29, 1.82) is 0 Å². The lowest BCUT2D eigenvalue weighted by Gasteiger charge is -2.20. The van der Waals surface area contributed by atoms with Gasteiger partial charge >= 0.3 is 11.2 Å². The van der Waals surface area contributed by atoms with Gasteiger partial charge in [-0.2, -0.15) is 0 Å². The molecule has 16 heavy (non-hydrogen) atoms. The summed E-state index contributed by atoms with van der Waals surface area (Å²) in [6, 6.07) is 0. The quantitative estimate of drug-likeness (QED) is 0.782. The maximum atomic E-state index is 11.9. The minimum absolute atomic E-state index is 0.300. The summed E-state index contributed by atoms with van der Waals surface area (Å²) in [6.07, 6.45) is 0. The molecule has 0 spiro atoms. The van der Waals surface area contributed by atoms with Crippen LogP contribution in [0, 0.1) is 0 Å². The first-order valence-electron chi connectivity index (χ1n) is 4.66. The van der Waals surface area contributed by atoms with Crippen molar-refractivity contribution < 1.29 is 4.84 Å². The Morgan fingerprint density at radius 1 is 1.44 bits per heavy atom. The van der Waals surface area contributed by atoms with E-state index < -0.39 is 16.9 Å². The van der Waals surface area contributed by atoms with Crippen LogP contribution < -0.4 is 16.1 Å². The highest BCUT2D eigenvalue weighted by Crippen LogP contribution is 2.08. The molecule has 0 aromatic carbocycles. The van der Waals surface area contributed by atoms with Gasteiger partial charge in [-0.15, -0.1) is 11.3 Å². The molecule has 0 saturated carbocycles. The lowest BCUT2D eigenvalue weighted by atomic mass is 10.2. The molecule has 2 aromatic rings. The van der Waals surface area contributed by atoms with E-state index in [0.29, 0.717) is 10.3 Å². The normalized spacial score (nSPS) is 11.9. The van der Waals surface area contributed by atoms with Gasteiger partial charge in [-0.3, -0.25) is 9.78 Å². The topological polar surface area (TPSA) is 77.0 Å². The Hall–Kier alpha value is -1.63. The number of hydrogen-bond acceptors (Lipinski definition) is 5. The van der Waals surface area contributed by atoms with E-state index in [4.69, 9.17) is 4.84 Å². The molecule has 0 bridgehead atoms. The Labute approximate surface area is 94.5 Å². The average molecular weight is 241 g/mol. The highest BCUT2D eigenvalue weighted by atomic mass is 32.1. The van der Waals surface area contributed by atoms with Gasteiger partial charge in [0, 0.05) is 0 Å². The van der Waals surface area contributed by atoms with E-state index >= 15 is 0 Å². The second kappa shape index (κ2) is 3.44. The van der Waals surface area contributed by atoms with E-state index in [1.807, 2.05) is 0 Å². The van der Waals surface area contributed by atoms with Gasteiger partial charge in [0.05, 0.1) is 5.51 Å². The molecule has 0 atom stereocenters. The maximum Gasteiger partial charge on any atom is 0.363 e. The number of nitrogens with one attached hydrogen (secondary N) is 1. The zero-order valence-corrected chi connectivity index (χ0v) is 9.92. The number of fused-ring (bicyclic) bond motifs is 1. The van der Waals surface area contributed by atoms with Gasteiger partial charge in [0.2, 0.25) is 0 Å². The average Bonchev–Trinajstić information content (AvgIpc) is 2.58. The van der Waals surface area contributed by atoms with Crippen LogP contribution in [0.25, 0.3) is 10.3 Å². The SMILES string of the molecule is CC(C)(C)On1c(=O)[nH]c2ncsc2c1=O. The zero-order chi connectivity index (χ0) is 11.9. The van der Waals surface area contributed by atoms with Gasteiger partial charge in [-0.25, -0.2) is 9.78 Å². The molecular weight excluding hydrogens is 230 g/mol. The van der Waals surface area contributed by atoms with Crippen molar-refractivity contribution in [3.8, 4) is 0 Å². The number of H-pyrrole nitrogens is 1. The Morgan fingerprint density at radius 2 is 2.12 bits per heavy atom. The van der Waals surface area contributed by atoms with Gasteiger partial charge in [0.25, 0.3) is 0 Å². The van der Waals surface area contributed by atoms with E-state index in [-0.39, 0.29) is 0 Å². The van der Waals surface area contributed by atoms with Crippen molar-refractivity contribution in [1.82, 2.24) is 14.7 Å². The number of nitrogens with zero attached hydrogens (tertiary/aromatic N) is 2. The van der Waals surface area contributed by atoms with Crippen LogP contribution in [0.3, 0.4) is 0 Å². The first-order chi connectivity index (χ1) is 7.38. The number of aromatic amines is 1. The summed E-state index contributed by atoms with van der Waals surface area (Å²) in [6.45, 7) is 5.28. The van der Waals surface area contributed by atoms with Crippen LogP contribution in [0.2, 0.25) is 0 Å². The van der Waals surface area contributed by atoms with E-state index in [2.05, 4.69) is 9.97 Å². The second-order valence-corrected chi connectivity index (χ2v) is 5.12. The van der Waals surface area contributed by atoms with Crippen molar-refractivity contribution in [3.63, 3.8) is 0 Å². The summed E-state index contributed by atoms with van der Waals surface area (Å²) >= 11 is 1.17. The number of aromatic nitrogens is 3. The fourth-order valence-electron chi connectivity index (χ4n) is 1.18. The summed E-state index contributed by atoms with van der Waals surface area (Å²) in [5, 5.41) is 0. The fourth-order valence-corrected chi connectivity index (χ4v) is 1.84. The third kappa shape index (κ3) is 1.85. The molecule has 0 fully saturated rings. The Morgan fingerprint density at radius 3 is 2.75 bits per heavy atom. The first kappa shape index (κ1) is 10.9. The van der Waals surface area contributed by atoms with E-state index in [1.54, 1.807) is 20.8 Å². The molecule has 2 rings (SSSR count). The predicted molar refractivity (Wildman–Crippen MR) is 60.8 cm³/mol. The van der Waals surface area contributed by atoms with Crippen LogP contribution in [0.4, 0.5) is 0 Å². The number of hydrogen-bond donors (Lipinski definition) is 1. The van der Waals surface area contributed by atoms with Crippen LogP contribution in [-0.4, -0.2) is 20.3 Å². The largest absolute Gasteiger partial charge is 0.400 e. The lowest BCUT2D eigenvalue weighted by Crippen LogP contribution is -2.46. The molecule has 0 radical (unpaired) electrons. The first-order valence-corrected chi connectivity index (χ1v) is 5.54. The molecule has 1 N–H and O–H groups in total. The van der Waals surface area contributed by atoms with Crippen molar-refractivity contribution in [3.05, 3.63) is 26.3 Å². The third-order valence-electron chi connectivity index (χ3n) is 1.72. The highest BCUT2D eigenvalue weighted by molar-refractivity contribution is 7.16. The Bertz CT molecular complexity index is 632. The summed E-state index contributed by atoms with van der Waals surface area (Å²) < 4.78 is 1.12. The van der Waals surface area contributed by atoms with Gasteiger partial charge in [0.15, 0.2) is 5.65 Å². The summed E-state index contributed by atoms with van der Waals surface area (Å²) in [5.74, 6) is 0. The van der Waals surface area contributed by atoms with Crippen LogP contribution in [0.15, 0.2) is 15.1 Å². The van der Waals surface area contributed by atoms with Gasteiger partial charge in [-0.05, 0) is 20.8 Å². The summed E-state index contributed by atoms with van der Waals surface area (Å²) in [7, 11) is 0. The van der Waals surface area contributed by atoms with Crippen molar-refractivity contribution in [2.24, 2.45) is 0 Å². The summed E-state index contributed by atoms with van der Waals surface area (Å²) in [4.78, 5) is 35.1. The predicted octanol–water partition coefficient (Wildman–Crippen LogP) is 0.373. The minimum atomic E-state index is -0.616. The van der Waals surface area contributed by atoms with Gasteiger partial charge in [-0.1, -0.05) is 4.73 Å². The smallest absolute Gasteiger partial charge is 0.363 e. The minimum Gasteiger partial charge on any atom is -0.400 e. The van der Waals surface area contributed by atoms with Crippen LogP contribution in [0.5, 0.6) is 0 Å². The molecule has 0 aliphatic heterocycles. The number of thiazole rings is 1. The van der Waals surface area contributed by atoms with Gasteiger partial charge < -0.3 is 4.84 Å². The molecule has 0 saturated heterocycles. The molecule has 0 unspecified atom stereocenters. The molecule has 7 heteroatoms. The zero-order valence-electron chi connectivity index (χ0n) is 9.10. The number of rotatable bonds is 1. The van der Waals surface area contributed by atoms with Crippen LogP contribution in [0.1, 0.15) is 20.8 Å². The van der Waals surface area contributed by atoms with Gasteiger partial charge in [0.1, 0.15) is 10.3 Å². The maximum absolute atomic E-state index is 11.9. The standard InChI is InChI=1S/C9H11N3O3S/c1-9(2,3)15-12-7(13)5-6(10-4-16-5)11-8(12)14/h4H,1-3H3,(H,11,14). The highest BCUT2D eigenvalue weighted by Gasteiger charge is 2.17. The Kier molecular flexibility index (Phi) is 2.34. The lowest BCUT2D eigenvalue weighted by molar-refractivity contribution is -0.0261. The molecule has 0 aliphatic carbocycles. The van der Waals surface area contributed by atoms with Crippen LogP contribution in [-0.2, 0) is 0 Å². The Balaban J connectivity index is 2.70. The summed E-state index contributed by atoms with van der Waals surface area (Å²) in [5.41, 5.74) is 0.0989. The second-order valence-electron chi connectivity index (χ2n) is 4.26. The van der Waals surface area contributed by atoms with Crippen molar-refractivity contribution in [2.75, 3.05) is 0 Å². The monoisotopic (exact) mass is 241 g/mol. The van der Waals surface area contributed by atoms with E-state index in [1.165, 1.54) is 16.8 Å².